The Morgan fingerprint density at radius 3 is 2.42 bits per heavy atom. The Balaban J connectivity index is 0.00000306. The Hall–Kier alpha value is -1.98. The minimum atomic E-state index is -0.523. The molecule has 0 saturated carbocycles. The highest BCUT2D eigenvalue weighted by Crippen LogP contribution is 2.26. The van der Waals surface area contributed by atoms with Crippen molar-refractivity contribution in [1.29, 1.82) is 0 Å². The normalized spacial score (nSPS) is 19.3. The lowest BCUT2D eigenvalue weighted by atomic mass is 10.1. The fraction of sp³-hybridized carbons (Fsp3) is 0.458. The summed E-state index contributed by atoms with van der Waals surface area (Å²) in [5.41, 5.74) is 2.57. The van der Waals surface area contributed by atoms with Crippen LogP contribution in [0.2, 0.25) is 0 Å². The molecule has 0 aromatic heterocycles. The number of nitrogens with one attached hydrogen (secondary N) is 2. The quantitative estimate of drug-likeness (QED) is 0.317. The van der Waals surface area contributed by atoms with Crippen LogP contribution in [0.5, 0.6) is 0 Å². The van der Waals surface area contributed by atoms with Crippen molar-refractivity contribution in [3.05, 3.63) is 65.2 Å². The standard InChI is InChI=1S/C24H31F2N5O.HI/c1-27-24(29-20-9-10-31(17-20)23-21(25)7-4-8-22(23)26)28-15-18-5-2-3-6-19(18)16-30-11-13-32-14-12-30;/h2-8,20H,9-17H2,1H3,(H2,27,28,29);1H. The highest BCUT2D eigenvalue weighted by Gasteiger charge is 2.27. The average Bonchev–Trinajstić information content (AvgIpc) is 3.26. The molecule has 6 nitrogen and oxygen atoms in total. The molecule has 2 N–H and O–H groups in total. The number of ether oxygens (including phenoxy) is 1. The van der Waals surface area contributed by atoms with Crippen LogP contribution in [-0.4, -0.2) is 63.3 Å². The number of hydrogen-bond acceptors (Lipinski definition) is 4. The van der Waals surface area contributed by atoms with Gasteiger partial charge in [-0.1, -0.05) is 30.3 Å². The summed E-state index contributed by atoms with van der Waals surface area (Å²) in [5, 5.41) is 6.80. The molecule has 0 amide bonds. The van der Waals surface area contributed by atoms with Crippen LogP contribution in [0, 0.1) is 11.6 Å². The summed E-state index contributed by atoms with van der Waals surface area (Å²) in [7, 11) is 1.73. The van der Waals surface area contributed by atoms with Crippen LogP contribution in [0.3, 0.4) is 0 Å². The van der Waals surface area contributed by atoms with Crippen molar-refractivity contribution in [2.75, 3.05) is 51.3 Å². The summed E-state index contributed by atoms with van der Waals surface area (Å²) < 4.78 is 33.7. The van der Waals surface area contributed by atoms with E-state index in [1.54, 1.807) is 11.9 Å². The van der Waals surface area contributed by atoms with Gasteiger partial charge in [-0.3, -0.25) is 9.89 Å². The number of hydrogen-bond donors (Lipinski definition) is 2. The Morgan fingerprint density at radius 2 is 1.73 bits per heavy atom. The molecule has 0 radical (unpaired) electrons. The Morgan fingerprint density at radius 1 is 1.03 bits per heavy atom. The zero-order valence-corrected chi connectivity index (χ0v) is 21.2. The number of morpholine rings is 1. The van der Waals surface area contributed by atoms with Gasteiger partial charge in [0.1, 0.15) is 17.3 Å². The molecule has 2 aliphatic heterocycles. The van der Waals surface area contributed by atoms with Crippen LogP contribution >= 0.6 is 24.0 Å². The highest BCUT2D eigenvalue weighted by molar-refractivity contribution is 14.0. The lowest BCUT2D eigenvalue weighted by molar-refractivity contribution is 0.0341. The van der Waals surface area contributed by atoms with Gasteiger partial charge in [0, 0.05) is 52.4 Å². The van der Waals surface area contributed by atoms with Crippen molar-refractivity contribution in [3.63, 3.8) is 0 Å². The third-order valence-electron chi connectivity index (χ3n) is 6.07. The number of benzene rings is 2. The van der Waals surface area contributed by atoms with Gasteiger partial charge in [-0.2, -0.15) is 0 Å². The van der Waals surface area contributed by atoms with Gasteiger partial charge in [0.25, 0.3) is 0 Å². The minimum Gasteiger partial charge on any atom is -0.379 e. The number of para-hydroxylation sites is 1. The summed E-state index contributed by atoms with van der Waals surface area (Å²) in [4.78, 5) is 8.51. The van der Waals surface area contributed by atoms with Gasteiger partial charge in [-0.25, -0.2) is 8.78 Å². The fourth-order valence-electron chi connectivity index (χ4n) is 4.32. The van der Waals surface area contributed by atoms with Crippen LogP contribution in [0.4, 0.5) is 14.5 Å². The molecule has 0 aliphatic carbocycles. The molecule has 33 heavy (non-hydrogen) atoms. The van der Waals surface area contributed by atoms with Crippen LogP contribution in [0.25, 0.3) is 0 Å². The van der Waals surface area contributed by atoms with Gasteiger partial charge in [0.05, 0.1) is 13.2 Å². The molecule has 2 fully saturated rings. The van der Waals surface area contributed by atoms with Gasteiger partial charge in [-0.15, -0.1) is 24.0 Å². The Kier molecular flexibility index (Phi) is 9.69. The van der Waals surface area contributed by atoms with E-state index >= 15 is 0 Å². The monoisotopic (exact) mass is 571 g/mol. The first-order valence-electron chi connectivity index (χ1n) is 11.2. The molecule has 2 saturated heterocycles. The van der Waals surface area contributed by atoms with E-state index < -0.39 is 11.6 Å². The van der Waals surface area contributed by atoms with E-state index in [0.29, 0.717) is 25.6 Å². The van der Waals surface area contributed by atoms with E-state index in [0.717, 1.165) is 39.3 Å². The van der Waals surface area contributed by atoms with Crippen LogP contribution in [-0.2, 0) is 17.8 Å². The molecule has 0 bridgehead atoms. The van der Waals surface area contributed by atoms with Gasteiger partial charge < -0.3 is 20.3 Å². The lowest BCUT2D eigenvalue weighted by Crippen LogP contribution is -2.44. The molecule has 9 heteroatoms. The Labute approximate surface area is 211 Å². The van der Waals surface area contributed by atoms with E-state index in [1.165, 1.54) is 29.3 Å². The minimum absolute atomic E-state index is 0. The number of guanidine groups is 1. The fourth-order valence-corrected chi connectivity index (χ4v) is 4.32. The third-order valence-corrected chi connectivity index (χ3v) is 6.07. The molecule has 2 aromatic carbocycles. The number of halogens is 3. The molecule has 1 atom stereocenters. The second kappa shape index (κ2) is 12.5. The van der Waals surface area contributed by atoms with Crippen LogP contribution in [0.15, 0.2) is 47.5 Å². The average molecular weight is 571 g/mol. The van der Waals surface area contributed by atoms with Crippen molar-refractivity contribution in [3.8, 4) is 0 Å². The van der Waals surface area contributed by atoms with Crippen LogP contribution in [0.1, 0.15) is 17.5 Å². The molecule has 2 aromatic rings. The largest absolute Gasteiger partial charge is 0.379 e. The summed E-state index contributed by atoms with van der Waals surface area (Å²) in [6, 6.07) is 12.5. The number of aliphatic imine (C=N–C) groups is 1. The summed E-state index contributed by atoms with van der Waals surface area (Å²) in [6.07, 6.45) is 0.780. The molecule has 2 aliphatic rings. The van der Waals surface area contributed by atoms with Crippen molar-refractivity contribution in [2.24, 2.45) is 4.99 Å². The molecule has 2 heterocycles. The zero-order chi connectivity index (χ0) is 22.3. The van der Waals surface area contributed by atoms with Crippen molar-refractivity contribution in [1.82, 2.24) is 15.5 Å². The molecule has 180 valence electrons. The van der Waals surface area contributed by atoms with E-state index in [9.17, 15) is 8.78 Å². The highest BCUT2D eigenvalue weighted by atomic mass is 127. The molecule has 1 unspecified atom stereocenters. The van der Waals surface area contributed by atoms with Crippen LogP contribution < -0.4 is 15.5 Å². The summed E-state index contributed by atoms with van der Waals surface area (Å²) in [5.74, 6) is -0.359. The zero-order valence-electron chi connectivity index (χ0n) is 18.9. The maximum atomic E-state index is 14.1. The van der Waals surface area contributed by atoms with E-state index in [-0.39, 0.29) is 35.7 Å². The topological polar surface area (TPSA) is 52.1 Å². The smallest absolute Gasteiger partial charge is 0.191 e. The number of nitrogens with zero attached hydrogens (tertiary/aromatic N) is 3. The van der Waals surface area contributed by atoms with Gasteiger partial charge in [0.15, 0.2) is 5.96 Å². The van der Waals surface area contributed by atoms with E-state index in [4.69, 9.17) is 4.74 Å². The first-order valence-corrected chi connectivity index (χ1v) is 11.2. The van der Waals surface area contributed by atoms with Crippen molar-refractivity contribution >= 4 is 35.6 Å². The lowest BCUT2D eigenvalue weighted by Gasteiger charge is -2.27. The predicted molar refractivity (Wildman–Crippen MR) is 138 cm³/mol. The van der Waals surface area contributed by atoms with Crippen molar-refractivity contribution < 1.29 is 13.5 Å². The molecule has 4 rings (SSSR count). The maximum Gasteiger partial charge on any atom is 0.191 e. The van der Waals surface area contributed by atoms with Gasteiger partial charge >= 0.3 is 0 Å². The number of rotatable bonds is 6. The summed E-state index contributed by atoms with van der Waals surface area (Å²) in [6.45, 7) is 6.13. The van der Waals surface area contributed by atoms with Gasteiger partial charge in [-0.05, 0) is 29.7 Å². The second-order valence-electron chi connectivity index (χ2n) is 8.23. The predicted octanol–water partition coefficient (Wildman–Crippen LogP) is 3.36. The SMILES string of the molecule is CN=C(NCc1ccccc1CN1CCOCC1)NC1CCN(c2c(F)cccc2F)C1.I. The third kappa shape index (κ3) is 6.77. The van der Waals surface area contributed by atoms with E-state index in [2.05, 4.69) is 38.7 Å². The molecular formula is C24H32F2IN5O. The first-order chi connectivity index (χ1) is 15.6. The first kappa shape index (κ1) is 25.6. The molecule has 0 spiro atoms. The summed E-state index contributed by atoms with van der Waals surface area (Å²) >= 11 is 0. The second-order valence-corrected chi connectivity index (χ2v) is 8.23. The Bertz CT molecular complexity index is 919. The van der Waals surface area contributed by atoms with Gasteiger partial charge in [0.2, 0.25) is 0 Å². The number of anilines is 1. The molecular weight excluding hydrogens is 539 g/mol. The maximum absolute atomic E-state index is 14.1. The van der Waals surface area contributed by atoms with E-state index in [1.807, 2.05) is 6.07 Å². The van der Waals surface area contributed by atoms with Crippen molar-refractivity contribution in [2.45, 2.75) is 25.6 Å².